The van der Waals surface area contributed by atoms with Gasteiger partial charge in [0.1, 0.15) is 5.75 Å². The smallest absolute Gasteiger partial charge is 0.272 e. The highest BCUT2D eigenvalue weighted by molar-refractivity contribution is 7.99. The highest BCUT2D eigenvalue weighted by atomic mass is 32.2. The van der Waals surface area contributed by atoms with Gasteiger partial charge in [-0.2, -0.15) is 0 Å². The van der Waals surface area contributed by atoms with Crippen LogP contribution in [0.1, 0.15) is 30.5 Å². The SMILES string of the molecule is C#Cc1cnc2c(C)cc(OC(SC)C(=O)NC(C)(C)c3ccncc3)cc2c1. The summed E-state index contributed by atoms with van der Waals surface area (Å²) in [5, 5.41) is 3.94. The summed E-state index contributed by atoms with van der Waals surface area (Å²) < 4.78 is 6.03. The van der Waals surface area contributed by atoms with E-state index in [1.165, 1.54) is 11.8 Å². The lowest BCUT2D eigenvalue weighted by Gasteiger charge is -2.29. The van der Waals surface area contributed by atoms with Crippen LogP contribution in [-0.4, -0.2) is 27.6 Å². The maximum Gasteiger partial charge on any atom is 0.272 e. The van der Waals surface area contributed by atoms with E-state index >= 15 is 0 Å². The summed E-state index contributed by atoms with van der Waals surface area (Å²) in [4.78, 5) is 21.4. The molecule has 1 unspecified atom stereocenters. The van der Waals surface area contributed by atoms with Crippen LogP contribution in [0.25, 0.3) is 10.9 Å². The number of aryl methyl sites for hydroxylation is 1. The molecule has 3 rings (SSSR count). The maximum absolute atomic E-state index is 12.9. The Morgan fingerprint density at radius 3 is 2.66 bits per heavy atom. The molecule has 0 aliphatic heterocycles. The number of benzene rings is 1. The lowest BCUT2D eigenvalue weighted by molar-refractivity contribution is -0.126. The van der Waals surface area contributed by atoms with E-state index in [2.05, 4.69) is 21.2 Å². The minimum absolute atomic E-state index is 0.201. The molecule has 29 heavy (non-hydrogen) atoms. The van der Waals surface area contributed by atoms with Crippen molar-refractivity contribution in [2.24, 2.45) is 0 Å². The first-order valence-electron chi connectivity index (χ1n) is 9.13. The number of hydrogen-bond acceptors (Lipinski definition) is 5. The maximum atomic E-state index is 12.9. The van der Waals surface area contributed by atoms with E-state index in [9.17, 15) is 4.79 Å². The second kappa shape index (κ2) is 8.54. The normalized spacial score (nSPS) is 12.2. The average Bonchev–Trinajstić information content (AvgIpc) is 2.71. The van der Waals surface area contributed by atoms with Crippen LogP contribution in [0.5, 0.6) is 5.75 Å². The van der Waals surface area contributed by atoms with E-state index in [0.29, 0.717) is 11.3 Å². The number of pyridine rings is 2. The van der Waals surface area contributed by atoms with Crippen LogP contribution < -0.4 is 10.1 Å². The Kier molecular flexibility index (Phi) is 6.09. The van der Waals surface area contributed by atoms with E-state index < -0.39 is 11.0 Å². The zero-order valence-corrected chi connectivity index (χ0v) is 17.7. The predicted octanol–water partition coefficient (Wildman–Crippen LogP) is 4.04. The number of fused-ring (bicyclic) bond motifs is 1. The van der Waals surface area contributed by atoms with E-state index in [1.54, 1.807) is 18.6 Å². The Labute approximate surface area is 175 Å². The molecule has 2 heterocycles. The molecule has 6 heteroatoms. The molecule has 1 amide bonds. The summed E-state index contributed by atoms with van der Waals surface area (Å²) in [6, 6.07) is 9.41. The van der Waals surface area contributed by atoms with Gasteiger partial charge in [0.05, 0.1) is 11.1 Å². The number of rotatable bonds is 6. The monoisotopic (exact) mass is 405 g/mol. The highest BCUT2D eigenvalue weighted by Gasteiger charge is 2.28. The number of ether oxygens (including phenoxy) is 1. The molecule has 0 spiro atoms. The lowest BCUT2D eigenvalue weighted by atomic mass is 9.95. The summed E-state index contributed by atoms with van der Waals surface area (Å²) in [6.07, 6.45) is 12.4. The van der Waals surface area contributed by atoms with Crippen LogP contribution in [0, 0.1) is 19.3 Å². The number of carbonyl (C=O) groups is 1. The third kappa shape index (κ3) is 4.69. The molecule has 0 aliphatic rings. The van der Waals surface area contributed by atoms with Gasteiger partial charge in [0, 0.05) is 29.5 Å². The number of amides is 1. The minimum Gasteiger partial charge on any atom is -0.470 e. The molecular formula is C23H23N3O2S. The number of carbonyl (C=O) groups excluding carboxylic acids is 1. The number of nitrogens with zero attached hydrogens (tertiary/aromatic N) is 2. The van der Waals surface area contributed by atoms with Crippen molar-refractivity contribution < 1.29 is 9.53 Å². The van der Waals surface area contributed by atoms with Gasteiger partial charge in [-0.1, -0.05) is 5.92 Å². The van der Waals surface area contributed by atoms with Crippen molar-refractivity contribution in [2.75, 3.05) is 6.26 Å². The number of hydrogen-bond donors (Lipinski definition) is 1. The summed E-state index contributed by atoms with van der Waals surface area (Å²) >= 11 is 1.33. The van der Waals surface area contributed by atoms with E-state index in [4.69, 9.17) is 11.2 Å². The van der Waals surface area contributed by atoms with Gasteiger partial charge in [-0.25, -0.2) is 0 Å². The van der Waals surface area contributed by atoms with Crippen LogP contribution in [0.3, 0.4) is 0 Å². The fourth-order valence-electron chi connectivity index (χ4n) is 3.08. The Bertz CT molecular complexity index is 1070. The summed E-state index contributed by atoms with van der Waals surface area (Å²) in [6.45, 7) is 5.86. The Morgan fingerprint density at radius 2 is 2.00 bits per heavy atom. The zero-order chi connectivity index (χ0) is 21.0. The molecule has 3 aromatic rings. The molecule has 2 aromatic heterocycles. The van der Waals surface area contributed by atoms with E-state index in [-0.39, 0.29) is 5.91 Å². The van der Waals surface area contributed by atoms with Gasteiger partial charge in [-0.3, -0.25) is 14.8 Å². The number of thioether (sulfide) groups is 1. The van der Waals surface area contributed by atoms with Crippen molar-refractivity contribution in [3.05, 3.63) is 65.6 Å². The quantitative estimate of drug-likeness (QED) is 0.495. The molecule has 0 saturated carbocycles. The predicted molar refractivity (Wildman–Crippen MR) is 118 cm³/mol. The van der Waals surface area contributed by atoms with Gasteiger partial charge in [0.15, 0.2) is 0 Å². The first-order chi connectivity index (χ1) is 13.8. The molecule has 0 bridgehead atoms. The van der Waals surface area contributed by atoms with Crippen LogP contribution in [-0.2, 0) is 10.3 Å². The molecule has 5 nitrogen and oxygen atoms in total. The molecular weight excluding hydrogens is 382 g/mol. The van der Waals surface area contributed by atoms with Gasteiger partial charge in [-0.15, -0.1) is 18.2 Å². The standard InChI is InChI=1S/C23H23N3O2S/c1-6-16-12-17-13-19(11-15(2)20(17)25-14-16)28-22(29-5)21(27)26-23(3,4)18-7-9-24-10-8-18/h1,7-14,22H,2-5H3,(H,26,27). The van der Waals surface area contributed by atoms with Gasteiger partial charge in [0.25, 0.3) is 5.91 Å². The molecule has 1 aromatic carbocycles. The molecule has 0 saturated heterocycles. The minimum atomic E-state index is -0.697. The third-order valence-electron chi connectivity index (χ3n) is 4.62. The molecule has 0 aliphatic carbocycles. The van der Waals surface area contributed by atoms with Gasteiger partial charge >= 0.3 is 0 Å². The highest BCUT2D eigenvalue weighted by Crippen LogP contribution is 2.27. The number of aromatic nitrogens is 2. The topological polar surface area (TPSA) is 64.1 Å². The third-order valence-corrected chi connectivity index (χ3v) is 5.36. The second-order valence-electron chi connectivity index (χ2n) is 7.22. The summed E-state index contributed by atoms with van der Waals surface area (Å²) in [5.41, 5.74) is 2.24. The fraction of sp³-hybridized carbons (Fsp3) is 0.261. The van der Waals surface area contributed by atoms with Gasteiger partial charge in [0.2, 0.25) is 5.44 Å². The largest absolute Gasteiger partial charge is 0.470 e. The fourth-order valence-corrected chi connectivity index (χ4v) is 3.57. The Morgan fingerprint density at radius 1 is 1.28 bits per heavy atom. The lowest BCUT2D eigenvalue weighted by Crippen LogP contribution is -2.46. The Hall–Kier alpha value is -3.04. The number of nitrogens with one attached hydrogen (secondary N) is 1. The van der Waals surface area contributed by atoms with Crippen molar-refractivity contribution in [2.45, 2.75) is 31.7 Å². The molecule has 1 N–H and O–H groups in total. The first kappa shape index (κ1) is 20.7. The van der Waals surface area contributed by atoms with Crippen molar-refractivity contribution >= 4 is 28.6 Å². The van der Waals surface area contributed by atoms with Crippen LogP contribution in [0.2, 0.25) is 0 Å². The van der Waals surface area contributed by atoms with E-state index in [0.717, 1.165) is 22.0 Å². The first-order valence-corrected chi connectivity index (χ1v) is 10.4. The molecule has 148 valence electrons. The van der Waals surface area contributed by atoms with Crippen molar-refractivity contribution in [1.29, 1.82) is 0 Å². The van der Waals surface area contributed by atoms with Crippen LogP contribution >= 0.6 is 11.8 Å². The molecule has 1 atom stereocenters. The van der Waals surface area contributed by atoms with Gasteiger partial charge in [-0.05, 0) is 68.5 Å². The van der Waals surface area contributed by atoms with Crippen molar-refractivity contribution in [3.8, 4) is 18.1 Å². The van der Waals surface area contributed by atoms with Crippen molar-refractivity contribution in [3.63, 3.8) is 0 Å². The average molecular weight is 406 g/mol. The summed E-state index contributed by atoms with van der Waals surface area (Å²) in [5.74, 6) is 2.99. The Balaban J connectivity index is 1.82. The summed E-state index contributed by atoms with van der Waals surface area (Å²) in [7, 11) is 0. The molecule has 0 radical (unpaired) electrons. The zero-order valence-electron chi connectivity index (χ0n) is 16.9. The van der Waals surface area contributed by atoms with Crippen LogP contribution in [0.15, 0.2) is 48.9 Å². The number of terminal acetylenes is 1. The second-order valence-corrected chi connectivity index (χ2v) is 8.12. The molecule has 0 fully saturated rings. The van der Waals surface area contributed by atoms with Crippen molar-refractivity contribution in [1.82, 2.24) is 15.3 Å². The van der Waals surface area contributed by atoms with Gasteiger partial charge < -0.3 is 10.1 Å². The van der Waals surface area contributed by atoms with Crippen LogP contribution in [0.4, 0.5) is 0 Å². The van der Waals surface area contributed by atoms with E-state index in [1.807, 2.05) is 57.4 Å².